The molecule has 0 saturated heterocycles. The topological polar surface area (TPSA) is 17.1 Å². The van der Waals surface area contributed by atoms with Crippen molar-refractivity contribution in [2.45, 2.75) is 34.1 Å². The van der Waals surface area contributed by atoms with E-state index in [-0.39, 0.29) is 22.7 Å². The minimum absolute atomic E-state index is 0.00152. The van der Waals surface area contributed by atoms with Crippen LogP contribution in [0, 0.1) is 23.0 Å². The summed E-state index contributed by atoms with van der Waals surface area (Å²) < 4.78 is 25.9. The van der Waals surface area contributed by atoms with Crippen LogP contribution in [0.2, 0.25) is 0 Å². The minimum atomic E-state index is -0.711. The summed E-state index contributed by atoms with van der Waals surface area (Å²) in [5.74, 6) is -1.49. The van der Waals surface area contributed by atoms with Gasteiger partial charge in [0, 0.05) is 18.1 Å². The summed E-state index contributed by atoms with van der Waals surface area (Å²) in [6.07, 6.45) is 0.298. The van der Waals surface area contributed by atoms with Gasteiger partial charge >= 0.3 is 0 Å². The second-order valence-electron chi connectivity index (χ2n) is 5.55. The lowest BCUT2D eigenvalue weighted by Crippen LogP contribution is -2.20. The van der Waals surface area contributed by atoms with Gasteiger partial charge in [0.25, 0.3) is 0 Å². The first-order valence-electron chi connectivity index (χ1n) is 5.69. The molecule has 1 nitrogen and oxygen atoms in total. The Morgan fingerprint density at radius 3 is 2.06 bits per heavy atom. The van der Waals surface area contributed by atoms with Crippen molar-refractivity contribution in [3.63, 3.8) is 0 Å². The summed E-state index contributed by atoms with van der Waals surface area (Å²) in [6.45, 7) is 8.08. The lowest BCUT2D eigenvalue weighted by Gasteiger charge is -2.26. The van der Waals surface area contributed by atoms with Gasteiger partial charge in [0.1, 0.15) is 11.6 Å². The third-order valence-electron chi connectivity index (χ3n) is 3.15. The molecule has 0 saturated carbocycles. The van der Waals surface area contributed by atoms with Gasteiger partial charge in [-0.05, 0) is 23.5 Å². The molecular weight excluding hydrogens is 222 g/mol. The lowest BCUT2D eigenvalue weighted by molar-refractivity contribution is 0.0926. The Kier molecular flexibility index (Phi) is 4.02. The van der Waals surface area contributed by atoms with E-state index in [9.17, 15) is 13.6 Å². The van der Waals surface area contributed by atoms with Crippen molar-refractivity contribution in [1.82, 2.24) is 0 Å². The maximum atomic E-state index is 13.0. The zero-order valence-corrected chi connectivity index (χ0v) is 10.7. The monoisotopic (exact) mass is 240 g/mol. The summed E-state index contributed by atoms with van der Waals surface area (Å²) in [7, 11) is 0. The predicted octanol–water partition coefficient (Wildman–Crippen LogP) is 4.22. The van der Waals surface area contributed by atoms with Crippen LogP contribution in [0.4, 0.5) is 8.78 Å². The Morgan fingerprint density at radius 2 is 1.65 bits per heavy atom. The van der Waals surface area contributed by atoms with E-state index in [4.69, 9.17) is 0 Å². The molecule has 0 N–H and O–H groups in total. The van der Waals surface area contributed by atoms with Crippen LogP contribution in [0.5, 0.6) is 0 Å². The summed E-state index contributed by atoms with van der Waals surface area (Å²) in [5.41, 5.74) is 0.111. The fourth-order valence-electron chi connectivity index (χ4n) is 1.42. The average Bonchev–Trinajstić information content (AvgIpc) is 2.14. The number of rotatable bonds is 3. The van der Waals surface area contributed by atoms with Crippen LogP contribution in [0.3, 0.4) is 0 Å². The van der Waals surface area contributed by atoms with E-state index >= 15 is 0 Å². The molecule has 1 unspecified atom stereocenters. The average molecular weight is 240 g/mol. The van der Waals surface area contributed by atoms with Crippen molar-refractivity contribution in [2.24, 2.45) is 11.3 Å². The van der Waals surface area contributed by atoms with Crippen molar-refractivity contribution in [3.05, 3.63) is 35.4 Å². The second kappa shape index (κ2) is 4.94. The smallest absolute Gasteiger partial charge is 0.163 e. The van der Waals surface area contributed by atoms with Crippen LogP contribution < -0.4 is 0 Å². The summed E-state index contributed by atoms with van der Waals surface area (Å²) in [4.78, 5) is 11.9. The molecule has 0 amide bonds. The predicted molar refractivity (Wildman–Crippen MR) is 63.9 cm³/mol. The van der Waals surface area contributed by atoms with Crippen molar-refractivity contribution in [3.8, 4) is 0 Å². The number of carbonyl (C=O) groups is 1. The van der Waals surface area contributed by atoms with Gasteiger partial charge in [-0.2, -0.15) is 0 Å². The highest BCUT2D eigenvalue weighted by atomic mass is 19.1. The van der Waals surface area contributed by atoms with Crippen LogP contribution in [-0.2, 0) is 0 Å². The first kappa shape index (κ1) is 13.8. The molecule has 1 aromatic rings. The zero-order chi connectivity index (χ0) is 13.2. The molecule has 0 bridgehead atoms. The molecule has 1 atom stereocenters. The van der Waals surface area contributed by atoms with Gasteiger partial charge in [-0.15, -0.1) is 0 Å². The van der Waals surface area contributed by atoms with Crippen LogP contribution in [-0.4, -0.2) is 5.78 Å². The molecule has 0 aliphatic carbocycles. The zero-order valence-electron chi connectivity index (χ0n) is 10.7. The highest BCUT2D eigenvalue weighted by molar-refractivity contribution is 5.96. The van der Waals surface area contributed by atoms with Gasteiger partial charge in [0.2, 0.25) is 0 Å². The standard InChI is InChI=1S/C14H18F2O/c1-9(14(2,3)4)5-13(17)10-6-11(15)8-12(16)7-10/h6-9H,5H2,1-4H3. The van der Waals surface area contributed by atoms with E-state index in [2.05, 4.69) is 0 Å². The molecule has 0 radical (unpaired) electrons. The van der Waals surface area contributed by atoms with Gasteiger partial charge < -0.3 is 0 Å². The van der Waals surface area contributed by atoms with Crippen LogP contribution in [0.15, 0.2) is 18.2 Å². The van der Waals surface area contributed by atoms with Gasteiger partial charge in [-0.3, -0.25) is 4.79 Å². The molecule has 3 heteroatoms. The number of halogens is 2. The van der Waals surface area contributed by atoms with Crippen molar-refractivity contribution >= 4 is 5.78 Å². The van der Waals surface area contributed by atoms with E-state index in [1.807, 2.05) is 27.7 Å². The number of hydrogen-bond acceptors (Lipinski definition) is 1. The third-order valence-corrected chi connectivity index (χ3v) is 3.15. The SMILES string of the molecule is CC(CC(=O)c1cc(F)cc(F)c1)C(C)(C)C. The number of ketones is 1. The summed E-state index contributed by atoms with van der Waals surface area (Å²) >= 11 is 0. The van der Waals surface area contributed by atoms with Crippen LogP contribution >= 0.6 is 0 Å². The van der Waals surface area contributed by atoms with Gasteiger partial charge in [-0.1, -0.05) is 27.7 Å². The highest BCUT2D eigenvalue weighted by Gasteiger charge is 2.23. The summed E-state index contributed by atoms with van der Waals surface area (Å²) in [5, 5.41) is 0. The molecule has 1 rings (SSSR count). The Bertz CT molecular complexity index is 398. The molecule has 0 fully saturated rings. The quantitative estimate of drug-likeness (QED) is 0.723. The second-order valence-corrected chi connectivity index (χ2v) is 5.55. The first-order chi connectivity index (χ1) is 7.70. The van der Waals surface area contributed by atoms with E-state index < -0.39 is 11.6 Å². The first-order valence-corrected chi connectivity index (χ1v) is 5.69. The normalized spacial score (nSPS) is 13.5. The van der Waals surface area contributed by atoms with Crippen molar-refractivity contribution in [2.75, 3.05) is 0 Å². The van der Waals surface area contributed by atoms with Gasteiger partial charge in [0.15, 0.2) is 5.78 Å². The Labute approximate surface area is 101 Å². The molecule has 0 spiro atoms. The lowest BCUT2D eigenvalue weighted by atomic mass is 9.78. The molecular formula is C14H18F2O. The van der Waals surface area contributed by atoms with Crippen molar-refractivity contribution in [1.29, 1.82) is 0 Å². The largest absolute Gasteiger partial charge is 0.294 e. The maximum absolute atomic E-state index is 13.0. The number of carbonyl (C=O) groups excluding carboxylic acids is 1. The fourth-order valence-corrected chi connectivity index (χ4v) is 1.42. The molecule has 0 aromatic heterocycles. The van der Waals surface area contributed by atoms with E-state index in [0.717, 1.165) is 18.2 Å². The molecule has 1 aromatic carbocycles. The minimum Gasteiger partial charge on any atom is -0.294 e. The van der Waals surface area contributed by atoms with Gasteiger partial charge in [0.05, 0.1) is 0 Å². The number of Topliss-reactive ketones (excluding diaryl/α,β-unsaturated/α-hetero) is 1. The summed E-state index contributed by atoms with van der Waals surface area (Å²) in [6, 6.07) is 2.94. The van der Waals surface area contributed by atoms with E-state index in [1.54, 1.807) is 0 Å². The molecule has 0 heterocycles. The Hall–Kier alpha value is -1.25. The molecule has 94 valence electrons. The van der Waals surface area contributed by atoms with Crippen LogP contribution in [0.25, 0.3) is 0 Å². The molecule has 0 aliphatic heterocycles. The number of benzene rings is 1. The Morgan fingerprint density at radius 1 is 1.18 bits per heavy atom. The van der Waals surface area contributed by atoms with E-state index in [0.29, 0.717) is 6.42 Å². The fraction of sp³-hybridized carbons (Fsp3) is 0.500. The molecule has 0 aliphatic rings. The highest BCUT2D eigenvalue weighted by Crippen LogP contribution is 2.29. The van der Waals surface area contributed by atoms with Crippen LogP contribution in [0.1, 0.15) is 44.5 Å². The molecule has 17 heavy (non-hydrogen) atoms. The number of hydrogen-bond donors (Lipinski definition) is 0. The van der Waals surface area contributed by atoms with Crippen molar-refractivity contribution < 1.29 is 13.6 Å². The maximum Gasteiger partial charge on any atom is 0.163 e. The Balaban J connectivity index is 2.84. The third kappa shape index (κ3) is 3.91. The van der Waals surface area contributed by atoms with E-state index in [1.165, 1.54) is 0 Å². The van der Waals surface area contributed by atoms with Gasteiger partial charge in [-0.25, -0.2) is 8.78 Å².